The van der Waals surface area contributed by atoms with Crippen molar-refractivity contribution in [3.05, 3.63) is 61.3 Å². The number of benzene rings is 1. The van der Waals surface area contributed by atoms with Gasteiger partial charge in [0.2, 0.25) is 0 Å². The van der Waals surface area contributed by atoms with Crippen LogP contribution in [0.25, 0.3) is 0 Å². The Hall–Kier alpha value is -1.31. The van der Waals surface area contributed by atoms with Crippen molar-refractivity contribution in [1.29, 1.82) is 0 Å². The van der Waals surface area contributed by atoms with Gasteiger partial charge in [-0.1, -0.05) is 0 Å². The predicted molar refractivity (Wildman–Crippen MR) is 71.4 cm³/mol. The van der Waals surface area contributed by atoms with Crippen LogP contribution in [-0.2, 0) is 6.54 Å². The van der Waals surface area contributed by atoms with Crippen molar-refractivity contribution < 1.29 is 8.78 Å². The lowest BCUT2D eigenvalue weighted by Crippen LogP contribution is -2.24. The highest BCUT2D eigenvalue weighted by molar-refractivity contribution is 14.1. The standard InChI is InChI=1S/C12H9F2IN2O/c1-7-11(15)12(18)17(6-16-7)5-8-2-9(13)4-10(14)3-8/h2-4,6H,5H2,1H3. The zero-order chi connectivity index (χ0) is 13.3. The average molecular weight is 362 g/mol. The van der Waals surface area contributed by atoms with Crippen LogP contribution in [0.3, 0.4) is 0 Å². The molecule has 0 atom stereocenters. The number of hydrogen-bond acceptors (Lipinski definition) is 2. The van der Waals surface area contributed by atoms with Gasteiger partial charge in [-0.05, 0) is 47.2 Å². The topological polar surface area (TPSA) is 34.9 Å². The maximum Gasteiger partial charge on any atom is 0.267 e. The summed E-state index contributed by atoms with van der Waals surface area (Å²) in [5, 5.41) is 0. The highest BCUT2D eigenvalue weighted by Crippen LogP contribution is 2.09. The molecule has 6 heteroatoms. The number of hydrogen-bond donors (Lipinski definition) is 0. The zero-order valence-corrected chi connectivity index (χ0v) is 11.6. The third-order valence-electron chi connectivity index (χ3n) is 2.43. The molecule has 1 aromatic carbocycles. The number of aromatic nitrogens is 2. The molecule has 0 N–H and O–H groups in total. The largest absolute Gasteiger partial charge is 0.294 e. The third kappa shape index (κ3) is 2.74. The van der Waals surface area contributed by atoms with Crippen LogP contribution in [0.4, 0.5) is 8.78 Å². The molecule has 2 aromatic rings. The first kappa shape index (κ1) is 13.1. The van der Waals surface area contributed by atoms with E-state index in [1.165, 1.54) is 23.0 Å². The Morgan fingerprint density at radius 2 is 1.89 bits per heavy atom. The SMILES string of the molecule is Cc1ncn(Cc2cc(F)cc(F)c2)c(=O)c1I. The van der Waals surface area contributed by atoms with E-state index in [1.54, 1.807) is 6.92 Å². The number of nitrogens with zero attached hydrogens (tertiary/aromatic N) is 2. The second-order valence-electron chi connectivity index (χ2n) is 3.85. The van der Waals surface area contributed by atoms with Gasteiger partial charge in [0.1, 0.15) is 11.6 Å². The van der Waals surface area contributed by atoms with Crippen molar-refractivity contribution in [2.75, 3.05) is 0 Å². The molecule has 0 spiro atoms. The van der Waals surface area contributed by atoms with E-state index < -0.39 is 11.6 Å². The van der Waals surface area contributed by atoms with Crippen molar-refractivity contribution in [3.8, 4) is 0 Å². The van der Waals surface area contributed by atoms with Gasteiger partial charge < -0.3 is 0 Å². The fraction of sp³-hybridized carbons (Fsp3) is 0.167. The smallest absolute Gasteiger partial charge is 0.267 e. The molecular weight excluding hydrogens is 353 g/mol. The van der Waals surface area contributed by atoms with E-state index in [1.807, 2.05) is 22.6 Å². The molecule has 0 bridgehead atoms. The lowest BCUT2D eigenvalue weighted by molar-refractivity contribution is 0.576. The Balaban J connectivity index is 2.40. The van der Waals surface area contributed by atoms with Crippen molar-refractivity contribution in [2.24, 2.45) is 0 Å². The summed E-state index contributed by atoms with van der Waals surface area (Å²) in [6, 6.07) is 3.19. The Labute approximate surface area is 116 Å². The first-order valence-electron chi connectivity index (χ1n) is 5.14. The second kappa shape index (κ2) is 5.13. The van der Waals surface area contributed by atoms with Crippen LogP contribution in [0.15, 0.2) is 29.3 Å². The molecular formula is C12H9F2IN2O. The first-order valence-corrected chi connectivity index (χ1v) is 6.22. The Morgan fingerprint density at radius 3 is 2.50 bits per heavy atom. The molecule has 0 fully saturated rings. The highest BCUT2D eigenvalue weighted by atomic mass is 127. The molecule has 94 valence electrons. The number of rotatable bonds is 2. The van der Waals surface area contributed by atoms with Crippen molar-refractivity contribution >= 4 is 22.6 Å². The van der Waals surface area contributed by atoms with Gasteiger partial charge >= 0.3 is 0 Å². The lowest BCUT2D eigenvalue weighted by atomic mass is 10.2. The summed E-state index contributed by atoms with van der Waals surface area (Å²) in [6.07, 6.45) is 1.38. The van der Waals surface area contributed by atoms with Crippen molar-refractivity contribution in [3.63, 3.8) is 0 Å². The second-order valence-corrected chi connectivity index (χ2v) is 4.93. The molecule has 0 saturated heterocycles. The van der Waals surface area contributed by atoms with Gasteiger partial charge in [0.05, 0.1) is 22.1 Å². The molecule has 2 rings (SSSR count). The average Bonchev–Trinajstić information content (AvgIpc) is 2.29. The van der Waals surface area contributed by atoms with Gasteiger partial charge in [-0.2, -0.15) is 0 Å². The van der Waals surface area contributed by atoms with Crippen LogP contribution >= 0.6 is 22.6 Å². The van der Waals surface area contributed by atoms with Crippen LogP contribution in [0, 0.1) is 22.1 Å². The molecule has 1 aromatic heterocycles. The summed E-state index contributed by atoms with van der Waals surface area (Å²) in [5.41, 5.74) is 0.811. The molecule has 0 unspecified atom stereocenters. The van der Waals surface area contributed by atoms with Crippen molar-refractivity contribution in [1.82, 2.24) is 9.55 Å². The molecule has 0 saturated carbocycles. The van der Waals surface area contributed by atoms with Crippen LogP contribution in [0.1, 0.15) is 11.3 Å². The summed E-state index contributed by atoms with van der Waals surface area (Å²) in [4.78, 5) is 15.9. The van der Waals surface area contributed by atoms with E-state index >= 15 is 0 Å². The quantitative estimate of drug-likeness (QED) is 0.770. The van der Waals surface area contributed by atoms with E-state index in [9.17, 15) is 13.6 Å². The van der Waals surface area contributed by atoms with E-state index in [0.29, 0.717) is 14.8 Å². The van der Waals surface area contributed by atoms with Crippen LogP contribution < -0.4 is 5.56 Å². The zero-order valence-electron chi connectivity index (χ0n) is 9.45. The normalized spacial score (nSPS) is 10.7. The third-order valence-corrected chi connectivity index (χ3v) is 3.67. The molecule has 0 amide bonds. The summed E-state index contributed by atoms with van der Waals surface area (Å²) >= 11 is 1.91. The molecule has 0 radical (unpaired) electrons. The van der Waals surface area contributed by atoms with Crippen LogP contribution in [-0.4, -0.2) is 9.55 Å². The summed E-state index contributed by atoms with van der Waals surface area (Å²) in [7, 11) is 0. The summed E-state index contributed by atoms with van der Waals surface area (Å²) < 4.78 is 27.9. The van der Waals surface area contributed by atoms with Gasteiger partial charge in [-0.25, -0.2) is 13.8 Å². The fourth-order valence-electron chi connectivity index (χ4n) is 1.56. The minimum Gasteiger partial charge on any atom is -0.294 e. The van der Waals surface area contributed by atoms with E-state index in [0.717, 1.165) is 6.07 Å². The number of halogens is 3. The lowest BCUT2D eigenvalue weighted by Gasteiger charge is -2.07. The first-order chi connectivity index (χ1) is 8.47. The highest BCUT2D eigenvalue weighted by Gasteiger charge is 2.07. The molecule has 0 aliphatic rings. The maximum absolute atomic E-state index is 13.0. The molecule has 18 heavy (non-hydrogen) atoms. The van der Waals surface area contributed by atoms with Crippen LogP contribution in [0.5, 0.6) is 0 Å². The Morgan fingerprint density at radius 1 is 1.28 bits per heavy atom. The fourth-order valence-corrected chi connectivity index (χ4v) is 2.01. The Kier molecular flexibility index (Phi) is 3.74. The van der Waals surface area contributed by atoms with E-state index in [4.69, 9.17) is 0 Å². The van der Waals surface area contributed by atoms with E-state index in [-0.39, 0.29) is 12.1 Å². The van der Waals surface area contributed by atoms with Gasteiger partial charge in [-0.15, -0.1) is 0 Å². The summed E-state index contributed by atoms with van der Waals surface area (Å²) in [5.74, 6) is -1.32. The van der Waals surface area contributed by atoms with Gasteiger partial charge in [-0.3, -0.25) is 9.36 Å². The maximum atomic E-state index is 13.0. The molecule has 0 aliphatic heterocycles. The molecule has 3 nitrogen and oxygen atoms in total. The minimum absolute atomic E-state index is 0.0940. The minimum atomic E-state index is -0.659. The van der Waals surface area contributed by atoms with Gasteiger partial charge in [0.15, 0.2) is 0 Å². The monoisotopic (exact) mass is 362 g/mol. The molecule has 0 aliphatic carbocycles. The Bertz CT molecular complexity index is 635. The predicted octanol–water partition coefficient (Wildman–Crippen LogP) is 2.48. The van der Waals surface area contributed by atoms with Gasteiger partial charge in [0.25, 0.3) is 5.56 Å². The number of aryl methyl sites for hydroxylation is 1. The van der Waals surface area contributed by atoms with Crippen molar-refractivity contribution in [2.45, 2.75) is 13.5 Å². The summed E-state index contributed by atoms with van der Waals surface area (Å²) in [6.45, 7) is 1.83. The van der Waals surface area contributed by atoms with Gasteiger partial charge in [0, 0.05) is 6.07 Å². The van der Waals surface area contributed by atoms with Crippen LogP contribution in [0.2, 0.25) is 0 Å². The molecule has 1 heterocycles. The van der Waals surface area contributed by atoms with E-state index in [2.05, 4.69) is 4.98 Å².